The zero-order valence-electron chi connectivity index (χ0n) is 6.03. The minimum atomic E-state index is -1.14. The van der Waals surface area contributed by atoms with Gasteiger partial charge in [-0.25, -0.2) is 8.78 Å². The fourth-order valence-corrected chi connectivity index (χ4v) is 0.488. The average molecular weight is 145 g/mol. The molecule has 0 fully saturated rings. The summed E-state index contributed by atoms with van der Waals surface area (Å²) in [4.78, 5) is 0. The molecule has 2 heteroatoms. The van der Waals surface area contributed by atoms with Crippen molar-refractivity contribution in [3.8, 4) is 11.8 Å². The summed E-state index contributed by atoms with van der Waals surface area (Å²) in [6.07, 6.45) is -0.400. The van der Waals surface area contributed by atoms with E-state index < -0.39 is 6.17 Å². The van der Waals surface area contributed by atoms with Gasteiger partial charge in [0.25, 0.3) is 0 Å². The van der Waals surface area contributed by atoms with E-state index in [4.69, 9.17) is 0 Å². The first-order valence-electron chi connectivity index (χ1n) is 3.33. The highest BCUT2D eigenvalue weighted by Gasteiger charge is 2.02. The highest BCUT2D eigenvalue weighted by Crippen LogP contribution is 2.04. The molecule has 0 aromatic carbocycles. The highest BCUT2D eigenvalue weighted by molar-refractivity contribution is 4.99. The highest BCUT2D eigenvalue weighted by atomic mass is 19.1. The summed E-state index contributed by atoms with van der Waals surface area (Å²) in [6, 6.07) is 0. The summed E-state index contributed by atoms with van der Waals surface area (Å²) in [6.45, 7) is 2.22. The van der Waals surface area contributed by atoms with Gasteiger partial charge in [-0.15, -0.1) is 11.8 Å². The Balaban J connectivity index is 3.29. The van der Waals surface area contributed by atoms with E-state index in [9.17, 15) is 8.78 Å². The smallest absolute Gasteiger partial charge is 0.134 e. The minimum Gasteiger partial charge on any atom is -0.246 e. The zero-order valence-corrected chi connectivity index (χ0v) is 6.03. The van der Waals surface area contributed by atoms with Crippen LogP contribution in [0.3, 0.4) is 0 Å². The lowest BCUT2D eigenvalue weighted by atomic mass is 10.2. The van der Waals surface area contributed by atoms with Gasteiger partial charge in [0, 0.05) is 19.3 Å². The third-order valence-corrected chi connectivity index (χ3v) is 0.970. The third-order valence-electron chi connectivity index (χ3n) is 0.970. The van der Waals surface area contributed by atoms with Gasteiger partial charge >= 0.3 is 0 Å². The summed E-state index contributed by atoms with van der Waals surface area (Å²) in [5.74, 6) is 5.32. The molecule has 0 N–H and O–H groups in total. The van der Waals surface area contributed by atoms with Crippen molar-refractivity contribution in [3.05, 3.63) is 6.67 Å². The summed E-state index contributed by atoms with van der Waals surface area (Å²) in [7, 11) is 0. The Labute approximate surface area is 60.6 Å². The predicted octanol–water partition coefficient (Wildman–Crippen LogP) is 2.65. The van der Waals surface area contributed by atoms with Gasteiger partial charge in [-0.1, -0.05) is 6.92 Å². The largest absolute Gasteiger partial charge is 0.246 e. The first-order chi connectivity index (χ1) is 4.81. The van der Waals surface area contributed by atoms with Crippen LogP contribution in [0.1, 0.15) is 26.2 Å². The summed E-state index contributed by atoms with van der Waals surface area (Å²) >= 11 is 0. The van der Waals surface area contributed by atoms with Crippen molar-refractivity contribution < 1.29 is 8.78 Å². The van der Waals surface area contributed by atoms with E-state index in [1.807, 2.05) is 6.92 Å². The van der Waals surface area contributed by atoms with Gasteiger partial charge in [0.2, 0.25) is 0 Å². The summed E-state index contributed by atoms with van der Waals surface area (Å²) in [5, 5.41) is 0. The van der Waals surface area contributed by atoms with Gasteiger partial charge in [0.15, 0.2) is 0 Å². The van der Waals surface area contributed by atoms with Crippen molar-refractivity contribution in [3.63, 3.8) is 0 Å². The molecule has 0 aliphatic heterocycles. The van der Waals surface area contributed by atoms with Crippen LogP contribution in [0, 0.1) is 18.5 Å². The van der Waals surface area contributed by atoms with Crippen LogP contribution in [0.2, 0.25) is 0 Å². The van der Waals surface area contributed by atoms with Crippen molar-refractivity contribution in [2.75, 3.05) is 0 Å². The Kier molecular flexibility index (Phi) is 6.16. The van der Waals surface area contributed by atoms with Crippen LogP contribution in [0.4, 0.5) is 8.78 Å². The first-order valence-corrected chi connectivity index (χ1v) is 3.33. The van der Waals surface area contributed by atoms with Crippen molar-refractivity contribution in [1.29, 1.82) is 0 Å². The maximum atomic E-state index is 12.4. The molecule has 0 aromatic rings. The molecule has 0 bridgehead atoms. The van der Waals surface area contributed by atoms with Crippen LogP contribution < -0.4 is 0 Å². The van der Waals surface area contributed by atoms with E-state index in [1.165, 1.54) is 0 Å². The van der Waals surface area contributed by atoms with Crippen LogP contribution in [0.15, 0.2) is 0 Å². The quantitative estimate of drug-likeness (QED) is 0.535. The molecule has 0 amide bonds. The van der Waals surface area contributed by atoms with Crippen LogP contribution >= 0.6 is 0 Å². The average Bonchev–Trinajstić information content (AvgIpc) is 1.89. The number of rotatable bonds is 3. The molecule has 0 spiro atoms. The van der Waals surface area contributed by atoms with E-state index in [2.05, 4.69) is 11.8 Å². The lowest BCUT2D eigenvalue weighted by Gasteiger charge is -1.96. The third kappa shape index (κ3) is 5.55. The monoisotopic (exact) mass is 145 g/mol. The normalized spacial score (nSPS) is 11.9. The standard InChI is InChI=1S/C8H11F2/c1-2-3-4-5-8(10)6-7-9/h7-8H,2,5-6H2,1H3. The Morgan fingerprint density at radius 2 is 2.20 bits per heavy atom. The van der Waals surface area contributed by atoms with Crippen molar-refractivity contribution in [1.82, 2.24) is 0 Å². The Morgan fingerprint density at radius 3 is 2.70 bits per heavy atom. The SMILES string of the molecule is CCC#CCC(F)C[CH]F. The Hall–Kier alpha value is -0.580. The van der Waals surface area contributed by atoms with E-state index in [0.29, 0.717) is 6.67 Å². The zero-order chi connectivity index (χ0) is 7.82. The molecular formula is C8H11F2. The van der Waals surface area contributed by atoms with Crippen LogP contribution in [0.25, 0.3) is 0 Å². The summed E-state index contributed by atoms with van der Waals surface area (Å²) in [5.41, 5.74) is 0. The first kappa shape index (κ1) is 9.42. The van der Waals surface area contributed by atoms with E-state index in [-0.39, 0.29) is 12.8 Å². The van der Waals surface area contributed by atoms with Crippen molar-refractivity contribution in [2.45, 2.75) is 32.4 Å². The number of halogens is 2. The second-order valence-corrected chi connectivity index (χ2v) is 1.90. The fraction of sp³-hybridized carbons (Fsp3) is 0.625. The molecular weight excluding hydrogens is 134 g/mol. The topological polar surface area (TPSA) is 0 Å². The Morgan fingerprint density at radius 1 is 1.50 bits per heavy atom. The van der Waals surface area contributed by atoms with Crippen molar-refractivity contribution >= 4 is 0 Å². The van der Waals surface area contributed by atoms with Crippen LogP contribution in [-0.4, -0.2) is 6.17 Å². The van der Waals surface area contributed by atoms with E-state index in [1.54, 1.807) is 0 Å². The van der Waals surface area contributed by atoms with Crippen LogP contribution in [0.5, 0.6) is 0 Å². The molecule has 10 heavy (non-hydrogen) atoms. The second kappa shape index (κ2) is 6.54. The fourth-order valence-electron chi connectivity index (χ4n) is 0.488. The van der Waals surface area contributed by atoms with Gasteiger partial charge in [-0.05, 0) is 0 Å². The van der Waals surface area contributed by atoms with E-state index >= 15 is 0 Å². The molecule has 0 saturated heterocycles. The maximum absolute atomic E-state index is 12.4. The van der Waals surface area contributed by atoms with Gasteiger partial charge in [-0.3, -0.25) is 0 Å². The van der Waals surface area contributed by atoms with Gasteiger partial charge in [0.1, 0.15) is 12.8 Å². The molecule has 0 heterocycles. The second-order valence-electron chi connectivity index (χ2n) is 1.90. The molecule has 57 valence electrons. The van der Waals surface area contributed by atoms with Gasteiger partial charge < -0.3 is 0 Å². The molecule has 0 saturated carbocycles. The molecule has 1 atom stereocenters. The lowest BCUT2D eigenvalue weighted by molar-refractivity contribution is 0.316. The lowest BCUT2D eigenvalue weighted by Crippen LogP contribution is -1.96. The maximum Gasteiger partial charge on any atom is 0.134 e. The summed E-state index contributed by atoms with van der Waals surface area (Å²) < 4.78 is 23.7. The molecule has 0 aliphatic rings. The molecule has 0 rings (SSSR count). The minimum absolute atomic E-state index is 0.140. The number of alkyl halides is 1. The molecule has 0 nitrogen and oxygen atoms in total. The van der Waals surface area contributed by atoms with Crippen LogP contribution in [-0.2, 0) is 0 Å². The molecule has 1 unspecified atom stereocenters. The molecule has 1 radical (unpaired) electrons. The number of hydrogen-bond acceptors (Lipinski definition) is 0. The Bertz CT molecular complexity index is 121. The predicted molar refractivity (Wildman–Crippen MR) is 37.6 cm³/mol. The van der Waals surface area contributed by atoms with Gasteiger partial charge in [0.05, 0.1) is 0 Å². The van der Waals surface area contributed by atoms with E-state index in [0.717, 1.165) is 6.42 Å². The molecule has 0 aliphatic carbocycles. The van der Waals surface area contributed by atoms with Crippen molar-refractivity contribution in [2.24, 2.45) is 0 Å². The van der Waals surface area contributed by atoms with Gasteiger partial charge in [-0.2, -0.15) is 0 Å². The number of hydrogen-bond donors (Lipinski definition) is 0. The molecule has 0 aromatic heterocycles.